The molecule has 0 N–H and O–H groups in total. The van der Waals surface area contributed by atoms with Crippen molar-refractivity contribution in [2.45, 2.75) is 5.16 Å². The summed E-state index contributed by atoms with van der Waals surface area (Å²) in [5.41, 5.74) is 0. The third-order valence-electron chi connectivity index (χ3n) is 3.84. The lowest BCUT2D eigenvalue weighted by Crippen LogP contribution is -2.32. The number of aromatic nitrogens is 3. The first-order chi connectivity index (χ1) is 13.0. The second-order valence-corrected chi connectivity index (χ2v) is 8.08. The van der Waals surface area contributed by atoms with Gasteiger partial charge in [-0.25, -0.2) is 0 Å². The molecule has 0 aliphatic heterocycles. The highest BCUT2D eigenvalue weighted by atomic mass is 35.5. The van der Waals surface area contributed by atoms with E-state index < -0.39 is 0 Å². The van der Waals surface area contributed by atoms with Crippen molar-refractivity contribution >= 4 is 40.6 Å². The zero-order chi connectivity index (χ0) is 19.2. The molecule has 3 rings (SSSR count). The van der Waals surface area contributed by atoms with Crippen LogP contribution in [0.1, 0.15) is 0 Å². The maximum atomic E-state index is 12.3. The van der Waals surface area contributed by atoms with E-state index in [0.717, 1.165) is 21.6 Å². The molecule has 0 atom stereocenters. The van der Waals surface area contributed by atoms with Crippen molar-refractivity contribution in [3.8, 4) is 16.5 Å². The van der Waals surface area contributed by atoms with Crippen molar-refractivity contribution in [2.75, 3.05) is 26.0 Å². The Bertz CT molecular complexity index is 881. The zero-order valence-electron chi connectivity index (χ0n) is 15.0. The van der Waals surface area contributed by atoms with E-state index in [4.69, 9.17) is 16.3 Å². The van der Waals surface area contributed by atoms with Crippen molar-refractivity contribution in [1.82, 2.24) is 19.7 Å². The number of amides is 1. The number of benzene rings is 1. The second-order valence-electron chi connectivity index (χ2n) is 5.75. The van der Waals surface area contributed by atoms with Gasteiger partial charge in [0.25, 0.3) is 0 Å². The highest BCUT2D eigenvalue weighted by Crippen LogP contribution is 2.26. The molecule has 6 nitrogen and oxygen atoms in total. The Labute approximate surface area is 171 Å². The summed E-state index contributed by atoms with van der Waals surface area (Å²) in [4.78, 5) is 15.0. The van der Waals surface area contributed by atoms with E-state index >= 15 is 0 Å². The summed E-state index contributed by atoms with van der Waals surface area (Å²) in [5.74, 6) is 1.85. The quantitative estimate of drug-likeness (QED) is 0.516. The van der Waals surface area contributed by atoms with Gasteiger partial charge in [-0.05, 0) is 35.7 Å². The van der Waals surface area contributed by atoms with E-state index in [-0.39, 0.29) is 5.91 Å². The Balaban J connectivity index is 1.45. The number of thiophene rings is 1. The highest BCUT2D eigenvalue weighted by molar-refractivity contribution is 7.99. The van der Waals surface area contributed by atoms with Gasteiger partial charge in [0, 0.05) is 19.1 Å². The lowest BCUT2D eigenvalue weighted by molar-refractivity contribution is -0.127. The summed E-state index contributed by atoms with van der Waals surface area (Å²) >= 11 is 8.84. The molecule has 0 saturated carbocycles. The molecule has 2 aromatic heterocycles. The largest absolute Gasteiger partial charge is 0.492 e. The van der Waals surface area contributed by atoms with E-state index in [1.165, 1.54) is 11.8 Å². The molecule has 2 heterocycles. The topological polar surface area (TPSA) is 60.2 Å². The van der Waals surface area contributed by atoms with Crippen molar-refractivity contribution in [2.24, 2.45) is 7.05 Å². The first kappa shape index (κ1) is 19.7. The number of carbonyl (C=O) groups excluding carboxylic acids is 1. The number of likely N-dealkylation sites (N-methyl/N-ethyl adjacent to an activating group) is 1. The summed E-state index contributed by atoms with van der Waals surface area (Å²) in [5, 5.41) is 11.8. The number of halogens is 1. The Morgan fingerprint density at radius 1 is 1.30 bits per heavy atom. The van der Waals surface area contributed by atoms with Gasteiger partial charge in [0.05, 0.1) is 17.2 Å². The van der Waals surface area contributed by atoms with Crippen LogP contribution in [0.15, 0.2) is 46.9 Å². The van der Waals surface area contributed by atoms with Gasteiger partial charge in [-0.3, -0.25) is 4.79 Å². The summed E-state index contributed by atoms with van der Waals surface area (Å²) in [7, 11) is 3.67. The van der Waals surface area contributed by atoms with Gasteiger partial charge in [0.1, 0.15) is 12.4 Å². The maximum Gasteiger partial charge on any atom is 0.232 e. The van der Waals surface area contributed by atoms with E-state index in [9.17, 15) is 4.79 Å². The maximum absolute atomic E-state index is 12.3. The van der Waals surface area contributed by atoms with Crippen LogP contribution in [0.3, 0.4) is 0 Å². The van der Waals surface area contributed by atoms with Crippen LogP contribution in [0.4, 0.5) is 0 Å². The van der Waals surface area contributed by atoms with Crippen molar-refractivity contribution in [3.63, 3.8) is 0 Å². The molecular formula is C18H19ClN4O2S2. The molecule has 0 unspecified atom stereocenters. The molecule has 0 aliphatic carbocycles. The minimum atomic E-state index is 0.0142. The normalized spacial score (nSPS) is 10.8. The zero-order valence-corrected chi connectivity index (χ0v) is 17.4. The summed E-state index contributed by atoms with van der Waals surface area (Å²) < 4.78 is 7.53. The fourth-order valence-electron chi connectivity index (χ4n) is 2.25. The fraction of sp³-hybridized carbons (Fsp3) is 0.278. The molecule has 0 aliphatic rings. The van der Waals surface area contributed by atoms with Crippen molar-refractivity contribution < 1.29 is 9.53 Å². The van der Waals surface area contributed by atoms with Gasteiger partial charge in [0.2, 0.25) is 5.91 Å². The molecule has 0 bridgehead atoms. The molecule has 0 spiro atoms. The highest BCUT2D eigenvalue weighted by Gasteiger charge is 2.15. The van der Waals surface area contributed by atoms with Crippen molar-refractivity contribution in [1.29, 1.82) is 0 Å². The Hall–Kier alpha value is -2.03. The van der Waals surface area contributed by atoms with Crippen LogP contribution in [0, 0.1) is 0 Å². The number of hydrogen-bond donors (Lipinski definition) is 0. The standard InChI is InChI=1S/C18H19ClN4O2S2/c1-22(9-10-25-14-7-5-13(19)6-8-14)16(24)12-27-18-21-20-17(23(18)2)15-4-3-11-26-15/h3-8,11H,9-10,12H2,1-2H3. The molecule has 1 amide bonds. The monoisotopic (exact) mass is 422 g/mol. The number of thioether (sulfide) groups is 1. The number of carbonyl (C=O) groups is 1. The Morgan fingerprint density at radius 3 is 2.78 bits per heavy atom. The molecule has 0 fully saturated rings. The first-order valence-corrected chi connectivity index (χ1v) is 10.5. The van der Waals surface area contributed by atoms with Crippen LogP contribution < -0.4 is 4.74 Å². The predicted molar refractivity (Wildman–Crippen MR) is 110 cm³/mol. The number of hydrogen-bond acceptors (Lipinski definition) is 6. The van der Waals surface area contributed by atoms with Crippen molar-refractivity contribution in [3.05, 3.63) is 46.8 Å². The van der Waals surface area contributed by atoms with Gasteiger partial charge in [0.15, 0.2) is 11.0 Å². The predicted octanol–water partition coefficient (Wildman–Crippen LogP) is 3.83. The third-order valence-corrected chi connectivity index (χ3v) is 5.96. The number of nitrogens with zero attached hydrogens (tertiary/aromatic N) is 4. The van der Waals surface area contributed by atoms with Gasteiger partial charge in [-0.2, -0.15) is 0 Å². The molecule has 3 aromatic rings. The minimum absolute atomic E-state index is 0.0142. The second kappa shape index (κ2) is 9.25. The van der Waals surface area contributed by atoms with Gasteiger partial charge in [-0.15, -0.1) is 21.5 Å². The first-order valence-electron chi connectivity index (χ1n) is 8.23. The minimum Gasteiger partial charge on any atom is -0.492 e. The van der Waals surface area contributed by atoms with Crippen LogP contribution in [0.2, 0.25) is 5.02 Å². The van der Waals surface area contributed by atoms with Gasteiger partial charge < -0.3 is 14.2 Å². The summed E-state index contributed by atoms with van der Waals surface area (Å²) in [6.07, 6.45) is 0. The molecule has 0 saturated heterocycles. The molecule has 27 heavy (non-hydrogen) atoms. The van der Waals surface area contributed by atoms with E-state index in [2.05, 4.69) is 10.2 Å². The van der Waals surface area contributed by atoms with Crippen LogP contribution in [0.25, 0.3) is 10.7 Å². The third kappa shape index (κ3) is 5.24. The Kier molecular flexibility index (Phi) is 6.76. The van der Waals surface area contributed by atoms with Crippen LogP contribution >= 0.6 is 34.7 Å². The molecule has 0 radical (unpaired) electrons. The summed E-state index contributed by atoms with van der Waals surface area (Å²) in [6.45, 7) is 0.919. The summed E-state index contributed by atoms with van der Waals surface area (Å²) in [6, 6.07) is 11.1. The molecule has 9 heteroatoms. The van der Waals surface area contributed by atoms with Crippen LogP contribution in [0.5, 0.6) is 5.75 Å². The SMILES string of the molecule is CN(CCOc1ccc(Cl)cc1)C(=O)CSc1nnc(-c2cccs2)n1C. The van der Waals surface area contributed by atoms with Gasteiger partial charge in [-0.1, -0.05) is 29.4 Å². The lowest BCUT2D eigenvalue weighted by atomic mass is 10.3. The molecule has 142 valence electrons. The Morgan fingerprint density at radius 2 is 2.07 bits per heavy atom. The van der Waals surface area contributed by atoms with Gasteiger partial charge >= 0.3 is 0 Å². The number of rotatable bonds is 8. The molecular weight excluding hydrogens is 404 g/mol. The smallest absolute Gasteiger partial charge is 0.232 e. The van der Waals surface area contributed by atoms with Crippen LogP contribution in [-0.2, 0) is 11.8 Å². The lowest BCUT2D eigenvalue weighted by Gasteiger charge is -2.17. The van der Waals surface area contributed by atoms with E-state index in [1.54, 1.807) is 47.5 Å². The van der Waals surface area contributed by atoms with E-state index in [0.29, 0.717) is 23.9 Å². The van der Waals surface area contributed by atoms with E-state index in [1.807, 2.05) is 29.1 Å². The number of ether oxygens (including phenoxy) is 1. The average Bonchev–Trinajstić information content (AvgIpc) is 3.31. The van der Waals surface area contributed by atoms with Crippen LogP contribution in [-0.4, -0.2) is 51.5 Å². The average molecular weight is 423 g/mol. The molecule has 1 aromatic carbocycles. The fourth-order valence-corrected chi connectivity index (χ4v) is 3.98.